The summed E-state index contributed by atoms with van der Waals surface area (Å²) >= 11 is 0. The Labute approximate surface area is 173 Å². The van der Waals surface area contributed by atoms with Gasteiger partial charge in [-0.15, -0.1) is 0 Å². The summed E-state index contributed by atoms with van der Waals surface area (Å²) in [6, 6.07) is 22.0. The maximum Gasteiger partial charge on any atom is 0.337 e. The van der Waals surface area contributed by atoms with Crippen molar-refractivity contribution in [1.82, 2.24) is 4.98 Å². The van der Waals surface area contributed by atoms with Gasteiger partial charge in [0.05, 0.1) is 24.6 Å². The fraction of sp³-hybridized carbons (Fsp3) is 0.0833. The van der Waals surface area contributed by atoms with Gasteiger partial charge in [-0.25, -0.2) is 9.78 Å². The molecule has 30 heavy (non-hydrogen) atoms. The number of aromatic nitrogens is 1. The maximum absolute atomic E-state index is 11.7. The van der Waals surface area contributed by atoms with Gasteiger partial charge in [0.1, 0.15) is 11.9 Å². The minimum absolute atomic E-state index is 0.387. The summed E-state index contributed by atoms with van der Waals surface area (Å²) in [5.74, 6) is 0.264. The fourth-order valence-electron chi connectivity index (χ4n) is 3.16. The first kappa shape index (κ1) is 19.6. The molecule has 150 valence electrons. The van der Waals surface area contributed by atoms with Gasteiger partial charge in [-0.1, -0.05) is 36.4 Å². The number of aliphatic hydroxyl groups excluding tert-OH is 1. The van der Waals surface area contributed by atoms with E-state index in [-0.39, 0.29) is 5.97 Å². The zero-order valence-electron chi connectivity index (χ0n) is 16.3. The highest BCUT2D eigenvalue weighted by Crippen LogP contribution is 2.31. The molecule has 6 heteroatoms. The topological polar surface area (TPSA) is 98.6 Å². The minimum atomic E-state index is -1.01. The van der Waals surface area contributed by atoms with E-state index in [9.17, 15) is 9.90 Å². The third kappa shape index (κ3) is 4.00. The fourth-order valence-corrected chi connectivity index (χ4v) is 3.16. The van der Waals surface area contributed by atoms with Crippen LogP contribution in [0.3, 0.4) is 0 Å². The molecule has 0 spiro atoms. The van der Waals surface area contributed by atoms with Gasteiger partial charge in [0.15, 0.2) is 5.76 Å². The third-order valence-corrected chi connectivity index (χ3v) is 4.79. The summed E-state index contributed by atoms with van der Waals surface area (Å²) < 4.78 is 10.3. The van der Waals surface area contributed by atoms with Crippen molar-refractivity contribution in [1.29, 1.82) is 0 Å². The molecule has 0 amide bonds. The average molecular weight is 400 g/mol. The van der Waals surface area contributed by atoms with Crippen molar-refractivity contribution in [2.45, 2.75) is 6.23 Å². The number of carbonyl (C=O) groups excluding carboxylic acids is 1. The lowest BCUT2D eigenvalue weighted by atomic mass is 10.00. The molecule has 0 fully saturated rings. The molecule has 6 nitrogen and oxygen atoms in total. The Morgan fingerprint density at radius 3 is 2.23 bits per heavy atom. The van der Waals surface area contributed by atoms with Crippen molar-refractivity contribution in [3.8, 4) is 33.8 Å². The van der Waals surface area contributed by atoms with Gasteiger partial charge in [-0.2, -0.15) is 0 Å². The zero-order valence-corrected chi connectivity index (χ0v) is 16.3. The van der Waals surface area contributed by atoms with Crippen LogP contribution >= 0.6 is 0 Å². The second kappa shape index (κ2) is 8.32. The summed E-state index contributed by atoms with van der Waals surface area (Å²) in [6.45, 7) is 0. The molecule has 3 N–H and O–H groups in total. The van der Waals surface area contributed by atoms with Crippen LogP contribution in [0.5, 0.6) is 0 Å². The Bertz CT molecular complexity index is 1150. The molecule has 0 saturated carbocycles. The predicted molar refractivity (Wildman–Crippen MR) is 113 cm³/mol. The smallest absolute Gasteiger partial charge is 0.337 e. The maximum atomic E-state index is 11.7. The van der Waals surface area contributed by atoms with Gasteiger partial charge in [-0.3, -0.25) is 0 Å². The van der Waals surface area contributed by atoms with Gasteiger partial charge < -0.3 is 20.0 Å². The molecule has 2 heterocycles. The highest BCUT2D eigenvalue weighted by atomic mass is 16.5. The van der Waals surface area contributed by atoms with Crippen molar-refractivity contribution in [3.63, 3.8) is 0 Å². The predicted octanol–water partition coefficient (Wildman–Crippen LogP) is 4.41. The van der Waals surface area contributed by atoms with E-state index in [1.54, 1.807) is 30.5 Å². The Kier molecular flexibility index (Phi) is 5.43. The van der Waals surface area contributed by atoms with Crippen molar-refractivity contribution >= 4 is 5.97 Å². The summed E-state index contributed by atoms with van der Waals surface area (Å²) in [4.78, 5) is 16.5. The lowest BCUT2D eigenvalue weighted by Gasteiger charge is -2.11. The van der Waals surface area contributed by atoms with Crippen molar-refractivity contribution < 1.29 is 19.1 Å². The number of hydrogen-bond acceptors (Lipinski definition) is 6. The number of nitrogens with two attached hydrogens (primary N) is 1. The number of ether oxygens (including phenoxy) is 1. The lowest BCUT2D eigenvalue weighted by Crippen LogP contribution is -2.07. The highest BCUT2D eigenvalue weighted by Gasteiger charge is 2.12. The van der Waals surface area contributed by atoms with Crippen LogP contribution in [0.4, 0.5) is 0 Å². The van der Waals surface area contributed by atoms with Gasteiger partial charge in [0.25, 0.3) is 0 Å². The second-order valence-electron chi connectivity index (χ2n) is 6.74. The summed E-state index contributed by atoms with van der Waals surface area (Å²) in [5.41, 5.74) is 10.8. The number of esters is 1. The number of methoxy groups -OCH3 is 1. The molecule has 0 aliphatic rings. The SMILES string of the molecule is COC(=O)c1ccc(-c2cc(-c3ccc(C(N)O)cc3)cc(-c3ccco3)n2)cc1. The first-order valence-corrected chi connectivity index (χ1v) is 9.34. The van der Waals surface area contributed by atoms with Crippen molar-refractivity contribution in [3.05, 3.63) is 90.2 Å². The van der Waals surface area contributed by atoms with Crippen LogP contribution in [0, 0.1) is 0 Å². The summed E-state index contributed by atoms with van der Waals surface area (Å²) in [5, 5.41) is 9.55. The minimum Gasteiger partial charge on any atom is -0.465 e. The van der Waals surface area contributed by atoms with E-state index >= 15 is 0 Å². The number of benzene rings is 2. The monoisotopic (exact) mass is 400 g/mol. The number of pyridine rings is 1. The van der Waals surface area contributed by atoms with Gasteiger partial charge in [0, 0.05) is 5.56 Å². The van der Waals surface area contributed by atoms with E-state index < -0.39 is 6.23 Å². The van der Waals surface area contributed by atoms with Crippen molar-refractivity contribution in [2.24, 2.45) is 5.73 Å². The van der Waals surface area contributed by atoms with E-state index in [0.29, 0.717) is 22.6 Å². The van der Waals surface area contributed by atoms with Gasteiger partial charge in [0.2, 0.25) is 0 Å². The molecule has 0 aliphatic heterocycles. The first-order valence-electron chi connectivity index (χ1n) is 9.34. The molecule has 0 radical (unpaired) electrons. The number of nitrogens with zero attached hydrogens (tertiary/aromatic N) is 1. The first-order chi connectivity index (χ1) is 14.5. The van der Waals surface area contributed by atoms with Crippen LogP contribution in [0.15, 0.2) is 83.5 Å². The van der Waals surface area contributed by atoms with Crippen LogP contribution in [-0.4, -0.2) is 23.2 Å². The van der Waals surface area contributed by atoms with E-state index in [2.05, 4.69) is 0 Å². The molecule has 1 unspecified atom stereocenters. The molecule has 1 atom stereocenters. The van der Waals surface area contributed by atoms with Crippen LogP contribution < -0.4 is 5.73 Å². The van der Waals surface area contributed by atoms with E-state index in [4.69, 9.17) is 19.9 Å². The molecule has 4 aromatic rings. The lowest BCUT2D eigenvalue weighted by molar-refractivity contribution is 0.0600. The van der Waals surface area contributed by atoms with E-state index in [1.807, 2.05) is 48.5 Å². The number of carbonyl (C=O) groups is 1. The van der Waals surface area contributed by atoms with Crippen molar-refractivity contribution in [2.75, 3.05) is 7.11 Å². The Morgan fingerprint density at radius 1 is 0.967 bits per heavy atom. The molecule has 0 saturated heterocycles. The van der Waals surface area contributed by atoms with E-state index in [0.717, 1.165) is 22.4 Å². The largest absolute Gasteiger partial charge is 0.465 e. The molecule has 2 aromatic heterocycles. The van der Waals surface area contributed by atoms with Crippen LogP contribution in [-0.2, 0) is 4.74 Å². The average Bonchev–Trinajstić information content (AvgIpc) is 3.33. The van der Waals surface area contributed by atoms with Crippen LogP contribution in [0.2, 0.25) is 0 Å². The number of furan rings is 1. The normalized spacial score (nSPS) is 11.8. The molecule has 0 aliphatic carbocycles. The Balaban J connectivity index is 1.79. The van der Waals surface area contributed by atoms with Crippen LogP contribution in [0.1, 0.15) is 22.1 Å². The Morgan fingerprint density at radius 2 is 1.63 bits per heavy atom. The highest BCUT2D eigenvalue weighted by molar-refractivity contribution is 5.90. The van der Waals surface area contributed by atoms with Gasteiger partial charge >= 0.3 is 5.97 Å². The molecule has 4 rings (SSSR count). The standard InChI is InChI=1S/C24H20N2O4/c1-29-24(28)18-10-6-16(7-11-18)20-13-19(14-21(26-20)22-3-2-12-30-22)15-4-8-17(9-5-15)23(25)27/h2-14,23,27H,25H2,1H3. The number of rotatable bonds is 5. The summed E-state index contributed by atoms with van der Waals surface area (Å²) in [7, 11) is 1.35. The molecule has 0 bridgehead atoms. The molecule has 2 aromatic carbocycles. The van der Waals surface area contributed by atoms with Crippen LogP contribution in [0.25, 0.3) is 33.8 Å². The summed E-state index contributed by atoms with van der Waals surface area (Å²) in [6.07, 6.45) is 0.588. The number of hydrogen-bond donors (Lipinski definition) is 2. The third-order valence-electron chi connectivity index (χ3n) is 4.79. The zero-order chi connectivity index (χ0) is 21.1. The quantitative estimate of drug-likeness (QED) is 0.380. The molecular formula is C24H20N2O4. The van der Waals surface area contributed by atoms with Gasteiger partial charge in [-0.05, 0) is 53.1 Å². The Hall–Kier alpha value is -3.74. The second-order valence-corrected chi connectivity index (χ2v) is 6.74. The van der Waals surface area contributed by atoms with E-state index in [1.165, 1.54) is 7.11 Å². The number of aliphatic hydroxyl groups is 1. The molecular weight excluding hydrogens is 380 g/mol.